The molecular formula is C22H19ClFN7O. The third-order valence-corrected chi connectivity index (χ3v) is 4.96. The summed E-state index contributed by atoms with van der Waals surface area (Å²) in [5.74, 6) is 0.0308. The highest BCUT2D eigenvalue weighted by Gasteiger charge is 2.19. The lowest BCUT2D eigenvalue weighted by Crippen LogP contribution is -2.11. The van der Waals surface area contributed by atoms with Crippen LogP contribution in [0, 0.1) is 5.82 Å². The summed E-state index contributed by atoms with van der Waals surface area (Å²) >= 11 is 6.02. The van der Waals surface area contributed by atoms with Crippen molar-refractivity contribution in [2.45, 2.75) is 6.42 Å². The van der Waals surface area contributed by atoms with Gasteiger partial charge in [-0.2, -0.15) is 4.98 Å². The van der Waals surface area contributed by atoms with Crippen molar-refractivity contribution >= 4 is 23.4 Å². The molecule has 0 aliphatic heterocycles. The molecule has 32 heavy (non-hydrogen) atoms. The molecule has 0 aliphatic rings. The van der Waals surface area contributed by atoms with Gasteiger partial charge >= 0.3 is 6.01 Å². The van der Waals surface area contributed by atoms with Crippen LogP contribution >= 0.6 is 11.6 Å². The van der Waals surface area contributed by atoms with Crippen molar-refractivity contribution in [3.8, 4) is 28.4 Å². The van der Waals surface area contributed by atoms with E-state index >= 15 is 0 Å². The smallest absolute Gasteiger partial charge is 0.316 e. The molecule has 0 saturated heterocycles. The van der Waals surface area contributed by atoms with Crippen LogP contribution in [0.2, 0.25) is 5.02 Å². The SMILES string of the molecule is COc1ncc(-c2c(NCCc3ccncc3)nc(N)nc2-c2ccc(F)c(Cl)c2)cn1. The first-order valence-corrected chi connectivity index (χ1v) is 10.0. The van der Waals surface area contributed by atoms with Crippen LogP contribution < -0.4 is 15.8 Å². The van der Waals surface area contributed by atoms with Crippen molar-refractivity contribution in [1.82, 2.24) is 24.9 Å². The number of benzene rings is 1. The van der Waals surface area contributed by atoms with E-state index in [1.165, 1.54) is 19.2 Å². The number of nitrogens with one attached hydrogen (secondary N) is 1. The van der Waals surface area contributed by atoms with Crippen LogP contribution in [0.1, 0.15) is 5.56 Å². The molecule has 3 aromatic heterocycles. The summed E-state index contributed by atoms with van der Waals surface area (Å²) in [5.41, 5.74) is 9.42. The monoisotopic (exact) mass is 451 g/mol. The Hall–Kier alpha value is -3.85. The molecule has 0 radical (unpaired) electrons. The average molecular weight is 452 g/mol. The predicted octanol–water partition coefficient (Wildman–Crippen LogP) is 4.03. The third kappa shape index (κ3) is 4.73. The molecule has 3 N–H and O–H groups in total. The Morgan fingerprint density at radius 3 is 2.50 bits per heavy atom. The van der Waals surface area contributed by atoms with E-state index in [9.17, 15) is 4.39 Å². The molecule has 162 valence electrons. The zero-order valence-corrected chi connectivity index (χ0v) is 17.8. The van der Waals surface area contributed by atoms with Crippen molar-refractivity contribution in [2.24, 2.45) is 0 Å². The molecule has 0 unspecified atom stereocenters. The molecule has 4 rings (SSSR count). The number of ether oxygens (including phenoxy) is 1. The van der Waals surface area contributed by atoms with E-state index in [0.29, 0.717) is 34.7 Å². The van der Waals surface area contributed by atoms with E-state index in [-0.39, 0.29) is 17.0 Å². The summed E-state index contributed by atoms with van der Waals surface area (Å²) in [5, 5.41) is 3.30. The van der Waals surface area contributed by atoms with Crippen molar-refractivity contribution in [1.29, 1.82) is 0 Å². The van der Waals surface area contributed by atoms with E-state index in [4.69, 9.17) is 22.1 Å². The van der Waals surface area contributed by atoms with Crippen molar-refractivity contribution in [3.05, 3.63) is 71.5 Å². The Labute approximate surface area is 188 Å². The molecule has 0 bridgehead atoms. The van der Waals surface area contributed by atoms with Crippen LogP contribution in [0.3, 0.4) is 0 Å². The van der Waals surface area contributed by atoms with Gasteiger partial charge in [0.25, 0.3) is 0 Å². The minimum atomic E-state index is -0.525. The molecule has 3 heterocycles. The molecule has 10 heteroatoms. The number of hydrogen-bond donors (Lipinski definition) is 2. The molecule has 0 saturated carbocycles. The van der Waals surface area contributed by atoms with Gasteiger partial charge in [0.05, 0.1) is 23.4 Å². The molecule has 4 aromatic rings. The number of anilines is 2. The summed E-state index contributed by atoms with van der Waals surface area (Å²) in [6.45, 7) is 0.577. The highest BCUT2D eigenvalue weighted by atomic mass is 35.5. The molecule has 1 aromatic carbocycles. The number of rotatable bonds is 7. The largest absolute Gasteiger partial charge is 0.467 e. The lowest BCUT2D eigenvalue weighted by Gasteiger charge is -2.16. The van der Waals surface area contributed by atoms with Crippen molar-refractivity contribution in [2.75, 3.05) is 24.7 Å². The summed E-state index contributed by atoms with van der Waals surface area (Å²) in [7, 11) is 1.49. The molecule has 0 amide bonds. The topological polar surface area (TPSA) is 112 Å². The van der Waals surface area contributed by atoms with Gasteiger partial charge in [-0.05, 0) is 42.3 Å². The maximum absolute atomic E-state index is 13.8. The Kier molecular flexibility index (Phi) is 6.37. The lowest BCUT2D eigenvalue weighted by atomic mass is 10.0. The normalized spacial score (nSPS) is 10.7. The molecule has 0 aliphatic carbocycles. The van der Waals surface area contributed by atoms with Gasteiger partial charge in [0, 0.05) is 42.5 Å². The first kappa shape index (κ1) is 21.4. The minimum absolute atomic E-state index is 0.0242. The zero-order valence-electron chi connectivity index (χ0n) is 17.1. The molecular weight excluding hydrogens is 433 g/mol. The minimum Gasteiger partial charge on any atom is -0.467 e. The molecule has 0 spiro atoms. The molecule has 8 nitrogen and oxygen atoms in total. The second-order valence-electron chi connectivity index (χ2n) is 6.77. The fraction of sp³-hybridized carbons (Fsp3) is 0.136. The van der Waals surface area contributed by atoms with Gasteiger partial charge in [-0.3, -0.25) is 4.98 Å². The second kappa shape index (κ2) is 9.52. The Morgan fingerprint density at radius 2 is 1.81 bits per heavy atom. The quantitative estimate of drug-likeness (QED) is 0.433. The fourth-order valence-corrected chi connectivity index (χ4v) is 3.34. The number of methoxy groups -OCH3 is 1. The van der Waals surface area contributed by atoms with Gasteiger partial charge in [0.2, 0.25) is 5.95 Å². The van der Waals surface area contributed by atoms with E-state index in [2.05, 4.69) is 30.2 Å². The lowest BCUT2D eigenvalue weighted by molar-refractivity contribution is 0.380. The van der Waals surface area contributed by atoms with E-state index in [1.54, 1.807) is 30.9 Å². The van der Waals surface area contributed by atoms with Crippen molar-refractivity contribution in [3.63, 3.8) is 0 Å². The van der Waals surface area contributed by atoms with E-state index in [1.807, 2.05) is 12.1 Å². The number of nitrogens with zero attached hydrogens (tertiary/aromatic N) is 5. The average Bonchev–Trinajstić information content (AvgIpc) is 2.81. The number of halogens is 2. The Balaban J connectivity index is 1.78. The number of nitrogen functional groups attached to an aromatic ring is 1. The first-order chi connectivity index (χ1) is 15.5. The van der Waals surface area contributed by atoms with Gasteiger partial charge in [-0.1, -0.05) is 11.6 Å². The second-order valence-corrected chi connectivity index (χ2v) is 7.18. The maximum atomic E-state index is 13.8. The highest BCUT2D eigenvalue weighted by molar-refractivity contribution is 6.31. The summed E-state index contributed by atoms with van der Waals surface area (Å²) in [4.78, 5) is 21.2. The van der Waals surface area contributed by atoms with Gasteiger partial charge in [0.15, 0.2) is 0 Å². The summed E-state index contributed by atoms with van der Waals surface area (Å²) < 4.78 is 18.8. The predicted molar refractivity (Wildman–Crippen MR) is 121 cm³/mol. The Morgan fingerprint density at radius 1 is 1.06 bits per heavy atom. The number of hydrogen-bond acceptors (Lipinski definition) is 8. The van der Waals surface area contributed by atoms with Crippen LogP contribution in [0.15, 0.2) is 55.1 Å². The third-order valence-electron chi connectivity index (χ3n) is 4.67. The van der Waals surface area contributed by atoms with Crippen LogP contribution in [-0.4, -0.2) is 38.6 Å². The number of aromatic nitrogens is 5. The standard InChI is InChI=1S/C22H19ClFN7O/c1-32-22-28-11-15(12-29-22)18-19(14-2-3-17(24)16(23)10-14)30-21(25)31-20(18)27-9-6-13-4-7-26-8-5-13/h2-5,7-8,10-12H,6,9H2,1H3,(H3,25,27,30,31). The summed E-state index contributed by atoms with van der Waals surface area (Å²) in [6.07, 6.45) is 7.43. The van der Waals surface area contributed by atoms with Crippen LogP contribution in [0.25, 0.3) is 22.4 Å². The first-order valence-electron chi connectivity index (χ1n) is 9.67. The summed E-state index contributed by atoms with van der Waals surface area (Å²) in [6, 6.07) is 8.47. The number of nitrogens with two attached hydrogens (primary N) is 1. The molecule has 0 atom stereocenters. The van der Waals surface area contributed by atoms with Gasteiger partial charge in [-0.15, -0.1) is 0 Å². The fourth-order valence-electron chi connectivity index (χ4n) is 3.16. The highest BCUT2D eigenvalue weighted by Crippen LogP contribution is 2.37. The molecule has 0 fully saturated rings. The van der Waals surface area contributed by atoms with Crippen LogP contribution in [0.5, 0.6) is 6.01 Å². The number of pyridine rings is 1. The van der Waals surface area contributed by atoms with E-state index in [0.717, 1.165) is 12.0 Å². The zero-order chi connectivity index (χ0) is 22.5. The van der Waals surface area contributed by atoms with Crippen LogP contribution in [-0.2, 0) is 6.42 Å². The van der Waals surface area contributed by atoms with Crippen LogP contribution in [0.4, 0.5) is 16.2 Å². The Bertz CT molecular complexity index is 1220. The van der Waals surface area contributed by atoms with Gasteiger partial charge < -0.3 is 15.8 Å². The van der Waals surface area contributed by atoms with E-state index < -0.39 is 5.82 Å². The van der Waals surface area contributed by atoms with Crippen molar-refractivity contribution < 1.29 is 9.13 Å². The maximum Gasteiger partial charge on any atom is 0.316 e. The van der Waals surface area contributed by atoms with Gasteiger partial charge in [-0.25, -0.2) is 19.3 Å². The van der Waals surface area contributed by atoms with Gasteiger partial charge in [0.1, 0.15) is 11.6 Å².